The summed E-state index contributed by atoms with van der Waals surface area (Å²) in [6, 6.07) is 0. The summed E-state index contributed by atoms with van der Waals surface area (Å²) in [5.41, 5.74) is 6.51. The molecule has 2 atom stereocenters. The molecule has 2 unspecified atom stereocenters. The molecule has 1 aliphatic carbocycles. The van der Waals surface area contributed by atoms with Crippen LogP contribution in [0.5, 0.6) is 0 Å². The van der Waals surface area contributed by atoms with Crippen molar-refractivity contribution in [3.8, 4) is 0 Å². The van der Waals surface area contributed by atoms with Gasteiger partial charge in [-0.1, -0.05) is 31.9 Å². The molecule has 0 amide bonds. The smallest absolute Gasteiger partial charge is 0.156 e. The van der Waals surface area contributed by atoms with Gasteiger partial charge in [0.1, 0.15) is 0 Å². The van der Waals surface area contributed by atoms with E-state index in [1.807, 2.05) is 6.92 Å². The standard InChI is InChI=1S/C12H21NO/c1-9(2)7-11(14)12(13)6-4-5-10(3)8-12/h10H,1,4-8,13H2,2-3H3. The Kier molecular flexibility index (Phi) is 3.48. The number of nitrogens with two attached hydrogens (primary N) is 1. The van der Waals surface area contributed by atoms with E-state index >= 15 is 0 Å². The number of hydrogen-bond acceptors (Lipinski definition) is 2. The Balaban J connectivity index is 2.63. The Morgan fingerprint density at radius 2 is 2.29 bits per heavy atom. The topological polar surface area (TPSA) is 43.1 Å². The van der Waals surface area contributed by atoms with Crippen LogP contribution in [-0.4, -0.2) is 11.3 Å². The lowest BCUT2D eigenvalue weighted by molar-refractivity contribution is -0.125. The highest BCUT2D eigenvalue weighted by Gasteiger charge is 2.36. The van der Waals surface area contributed by atoms with Gasteiger partial charge in [0.25, 0.3) is 0 Å². The van der Waals surface area contributed by atoms with Crippen LogP contribution in [0.4, 0.5) is 0 Å². The van der Waals surface area contributed by atoms with Crippen LogP contribution in [0.1, 0.15) is 46.0 Å². The van der Waals surface area contributed by atoms with Crippen molar-refractivity contribution in [2.24, 2.45) is 11.7 Å². The van der Waals surface area contributed by atoms with E-state index in [1.165, 1.54) is 6.42 Å². The van der Waals surface area contributed by atoms with Crippen LogP contribution in [0.2, 0.25) is 0 Å². The molecule has 1 aliphatic rings. The first-order valence-electron chi connectivity index (χ1n) is 5.40. The molecule has 2 heteroatoms. The second-order valence-corrected chi connectivity index (χ2v) is 4.91. The van der Waals surface area contributed by atoms with Crippen molar-refractivity contribution in [2.75, 3.05) is 0 Å². The Bertz CT molecular complexity index is 247. The average Bonchev–Trinajstić information content (AvgIpc) is 2.02. The number of Topliss-reactive ketones (excluding diaryl/α,β-unsaturated/α-hetero) is 1. The van der Waals surface area contributed by atoms with Crippen molar-refractivity contribution in [2.45, 2.75) is 51.5 Å². The summed E-state index contributed by atoms with van der Waals surface area (Å²) >= 11 is 0. The van der Waals surface area contributed by atoms with Gasteiger partial charge in [-0.15, -0.1) is 0 Å². The minimum absolute atomic E-state index is 0.177. The van der Waals surface area contributed by atoms with Crippen molar-refractivity contribution in [1.82, 2.24) is 0 Å². The third kappa shape index (κ3) is 2.68. The van der Waals surface area contributed by atoms with Crippen molar-refractivity contribution in [3.05, 3.63) is 12.2 Å². The fourth-order valence-electron chi connectivity index (χ4n) is 2.30. The average molecular weight is 195 g/mol. The maximum atomic E-state index is 11.9. The number of carbonyl (C=O) groups is 1. The first-order valence-corrected chi connectivity index (χ1v) is 5.40. The maximum absolute atomic E-state index is 11.9. The Labute approximate surface area is 86.6 Å². The molecule has 1 rings (SSSR count). The van der Waals surface area contributed by atoms with Gasteiger partial charge in [-0.2, -0.15) is 0 Å². The fourth-order valence-corrected chi connectivity index (χ4v) is 2.30. The van der Waals surface area contributed by atoms with Crippen molar-refractivity contribution in [3.63, 3.8) is 0 Å². The first-order chi connectivity index (χ1) is 6.44. The van der Waals surface area contributed by atoms with Crippen LogP contribution in [0, 0.1) is 5.92 Å². The molecule has 0 spiro atoms. The van der Waals surface area contributed by atoms with E-state index in [4.69, 9.17) is 5.73 Å². The van der Waals surface area contributed by atoms with E-state index in [-0.39, 0.29) is 5.78 Å². The third-order valence-corrected chi connectivity index (χ3v) is 3.05. The highest BCUT2D eigenvalue weighted by molar-refractivity contribution is 5.89. The molecule has 0 aromatic carbocycles. The van der Waals surface area contributed by atoms with E-state index in [0.29, 0.717) is 12.3 Å². The third-order valence-electron chi connectivity index (χ3n) is 3.05. The lowest BCUT2D eigenvalue weighted by Gasteiger charge is -2.35. The molecule has 0 bridgehead atoms. The number of ketones is 1. The van der Waals surface area contributed by atoms with Crippen LogP contribution < -0.4 is 5.73 Å². The van der Waals surface area contributed by atoms with Crippen molar-refractivity contribution >= 4 is 5.78 Å². The monoisotopic (exact) mass is 195 g/mol. The molecule has 0 aromatic heterocycles. The Morgan fingerprint density at radius 3 is 2.79 bits per heavy atom. The maximum Gasteiger partial charge on any atom is 0.156 e. The van der Waals surface area contributed by atoms with Crippen molar-refractivity contribution in [1.29, 1.82) is 0 Å². The first kappa shape index (κ1) is 11.4. The van der Waals surface area contributed by atoms with E-state index < -0.39 is 5.54 Å². The molecule has 1 saturated carbocycles. The highest BCUT2D eigenvalue weighted by Crippen LogP contribution is 2.32. The molecule has 0 heterocycles. The summed E-state index contributed by atoms with van der Waals surface area (Å²) in [7, 11) is 0. The molecule has 80 valence electrons. The lowest BCUT2D eigenvalue weighted by Crippen LogP contribution is -2.51. The number of allylic oxidation sites excluding steroid dienone is 1. The largest absolute Gasteiger partial charge is 0.319 e. The van der Waals surface area contributed by atoms with Gasteiger partial charge in [0.05, 0.1) is 5.54 Å². The summed E-state index contributed by atoms with van der Waals surface area (Å²) in [4.78, 5) is 11.9. The van der Waals surface area contributed by atoms with Gasteiger partial charge in [-0.05, 0) is 25.7 Å². The molecule has 0 radical (unpaired) electrons. The normalized spacial score (nSPS) is 32.6. The van der Waals surface area contributed by atoms with Gasteiger partial charge in [-0.25, -0.2) is 0 Å². The highest BCUT2D eigenvalue weighted by atomic mass is 16.1. The van der Waals surface area contributed by atoms with Crippen LogP contribution in [-0.2, 0) is 4.79 Å². The van der Waals surface area contributed by atoms with Gasteiger partial charge in [0, 0.05) is 6.42 Å². The molecule has 0 aromatic rings. The predicted octanol–water partition coefficient (Wildman–Crippen LogP) is 2.43. The minimum Gasteiger partial charge on any atom is -0.319 e. The molecule has 14 heavy (non-hydrogen) atoms. The lowest BCUT2D eigenvalue weighted by atomic mass is 9.73. The van der Waals surface area contributed by atoms with E-state index in [1.54, 1.807) is 0 Å². The van der Waals surface area contributed by atoms with Gasteiger partial charge in [0.15, 0.2) is 5.78 Å². The summed E-state index contributed by atoms with van der Waals surface area (Å²) in [6.45, 7) is 7.82. The molecule has 2 nitrogen and oxygen atoms in total. The second-order valence-electron chi connectivity index (χ2n) is 4.91. The molecule has 1 fully saturated rings. The molecule has 0 aliphatic heterocycles. The Morgan fingerprint density at radius 1 is 1.64 bits per heavy atom. The predicted molar refractivity (Wildman–Crippen MR) is 59.0 cm³/mol. The van der Waals surface area contributed by atoms with E-state index in [2.05, 4.69) is 13.5 Å². The molecular formula is C12H21NO. The zero-order valence-corrected chi connectivity index (χ0v) is 9.31. The van der Waals surface area contributed by atoms with Gasteiger partial charge < -0.3 is 5.73 Å². The molecule has 2 N–H and O–H groups in total. The number of rotatable bonds is 3. The SMILES string of the molecule is C=C(C)CC(=O)C1(N)CCCC(C)C1. The van der Waals surface area contributed by atoms with Crippen molar-refractivity contribution < 1.29 is 4.79 Å². The van der Waals surface area contributed by atoms with E-state index in [0.717, 1.165) is 24.8 Å². The summed E-state index contributed by atoms with van der Waals surface area (Å²) < 4.78 is 0. The molecule has 0 saturated heterocycles. The second kappa shape index (κ2) is 4.26. The zero-order valence-electron chi connectivity index (χ0n) is 9.31. The minimum atomic E-state index is -0.559. The number of carbonyl (C=O) groups excluding carboxylic acids is 1. The van der Waals surface area contributed by atoms with Gasteiger partial charge >= 0.3 is 0 Å². The van der Waals surface area contributed by atoms with Crippen LogP contribution >= 0.6 is 0 Å². The quantitative estimate of drug-likeness (QED) is 0.703. The summed E-state index contributed by atoms with van der Waals surface area (Å²) in [6.07, 6.45) is 4.44. The van der Waals surface area contributed by atoms with Gasteiger partial charge in [-0.3, -0.25) is 4.79 Å². The fraction of sp³-hybridized carbons (Fsp3) is 0.750. The van der Waals surface area contributed by atoms with Crippen LogP contribution in [0.15, 0.2) is 12.2 Å². The zero-order chi connectivity index (χ0) is 10.8. The van der Waals surface area contributed by atoms with Gasteiger partial charge in [0.2, 0.25) is 0 Å². The van der Waals surface area contributed by atoms with E-state index in [9.17, 15) is 4.79 Å². The number of hydrogen-bond donors (Lipinski definition) is 1. The van der Waals surface area contributed by atoms with Crippen LogP contribution in [0.25, 0.3) is 0 Å². The molecular weight excluding hydrogens is 174 g/mol. The Hall–Kier alpha value is -0.630. The summed E-state index contributed by atoms with van der Waals surface area (Å²) in [5.74, 6) is 0.763. The summed E-state index contributed by atoms with van der Waals surface area (Å²) in [5, 5.41) is 0. The van der Waals surface area contributed by atoms with Crippen LogP contribution in [0.3, 0.4) is 0 Å².